The van der Waals surface area contributed by atoms with Crippen LogP contribution in [0.4, 0.5) is 0 Å². The normalized spacial score (nSPS) is 13.0. The van der Waals surface area contributed by atoms with Crippen LogP contribution in [0.3, 0.4) is 0 Å². The summed E-state index contributed by atoms with van der Waals surface area (Å²) in [7, 11) is 0. The number of nitrogens with zero attached hydrogens (tertiary/aromatic N) is 1. The summed E-state index contributed by atoms with van der Waals surface area (Å²) in [5.41, 5.74) is 8.35. The van der Waals surface area contributed by atoms with Gasteiger partial charge in [-0.2, -0.15) is 0 Å². The third-order valence-electron chi connectivity index (χ3n) is 4.03. The zero-order chi connectivity index (χ0) is 15.5. The summed E-state index contributed by atoms with van der Waals surface area (Å²) in [6, 6.07) is 11.9. The minimum absolute atomic E-state index is 0.105. The third-order valence-corrected chi connectivity index (χ3v) is 4.03. The molecule has 1 atom stereocenters. The monoisotopic (exact) mass is 284 g/mol. The van der Waals surface area contributed by atoms with Crippen molar-refractivity contribution in [3.05, 3.63) is 53.7 Å². The molecule has 0 spiro atoms. The summed E-state index contributed by atoms with van der Waals surface area (Å²) in [4.78, 5) is 4.28. The number of aromatic nitrogens is 1. The summed E-state index contributed by atoms with van der Waals surface area (Å²) in [6.45, 7) is 8.62. The zero-order valence-corrected chi connectivity index (χ0v) is 13.3. The Labute approximate surface area is 127 Å². The molecule has 0 bridgehead atoms. The molecular weight excluding hydrogens is 260 g/mol. The van der Waals surface area contributed by atoms with Gasteiger partial charge < -0.3 is 10.5 Å². The van der Waals surface area contributed by atoms with Gasteiger partial charge in [-0.15, -0.1) is 0 Å². The molecule has 112 valence electrons. The van der Waals surface area contributed by atoms with Gasteiger partial charge >= 0.3 is 0 Å². The summed E-state index contributed by atoms with van der Waals surface area (Å²) in [6.07, 6.45) is 2.82. The second kappa shape index (κ2) is 6.27. The number of hydrogen-bond donors (Lipinski definition) is 1. The van der Waals surface area contributed by atoms with Crippen LogP contribution in [0.2, 0.25) is 0 Å². The van der Waals surface area contributed by atoms with Gasteiger partial charge in [0.15, 0.2) is 0 Å². The standard InChI is InChI=1S/C18H24N2O/c1-5-18(3,4)14-8-10-15(11-9-14)21-17-16(13(2)19)7-6-12-20-17/h6-13H,5,19H2,1-4H3/t13-/m1/s1. The first kappa shape index (κ1) is 15.5. The van der Waals surface area contributed by atoms with Crippen LogP contribution in [0, 0.1) is 0 Å². The first-order valence-electron chi connectivity index (χ1n) is 7.43. The summed E-state index contributed by atoms with van der Waals surface area (Å²) < 4.78 is 5.88. The Morgan fingerprint density at radius 2 is 1.86 bits per heavy atom. The Balaban J connectivity index is 2.22. The molecule has 1 aromatic carbocycles. The maximum absolute atomic E-state index is 5.95. The highest BCUT2D eigenvalue weighted by atomic mass is 16.5. The lowest BCUT2D eigenvalue weighted by Gasteiger charge is -2.23. The van der Waals surface area contributed by atoms with Gasteiger partial charge in [0.2, 0.25) is 5.88 Å². The van der Waals surface area contributed by atoms with Crippen molar-refractivity contribution in [2.45, 2.75) is 45.6 Å². The predicted molar refractivity (Wildman–Crippen MR) is 86.7 cm³/mol. The van der Waals surface area contributed by atoms with E-state index >= 15 is 0 Å². The number of pyridine rings is 1. The van der Waals surface area contributed by atoms with Crippen LogP contribution in [0.5, 0.6) is 11.6 Å². The van der Waals surface area contributed by atoms with E-state index in [2.05, 4.69) is 37.9 Å². The van der Waals surface area contributed by atoms with Crippen molar-refractivity contribution < 1.29 is 4.74 Å². The van der Waals surface area contributed by atoms with E-state index < -0.39 is 0 Å². The van der Waals surface area contributed by atoms with E-state index in [4.69, 9.17) is 10.5 Å². The summed E-state index contributed by atoms with van der Waals surface area (Å²) >= 11 is 0. The molecule has 0 unspecified atom stereocenters. The SMILES string of the molecule is CCC(C)(C)c1ccc(Oc2ncccc2[C@@H](C)N)cc1. The van der Waals surface area contributed by atoms with Crippen LogP contribution in [0.15, 0.2) is 42.6 Å². The maximum Gasteiger partial charge on any atom is 0.223 e. The largest absolute Gasteiger partial charge is 0.439 e. The number of nitrogens with two attached hydrogens (primary N) is 1. The molecule has 0 aliphatic rings. The molecule has 0 aliphatic heterocycles. The van der Waals surface area contributed by atoms with Gasteiger partial charge in [-0.1, -0.05) is 39.0 Å². The minimum atomic E-state index is -0.105. The molecule has 0 saturated carbocycles. The third kappa shape index (κ3) is 3.61. The molecule has 2 rings (SSSR count). The first-order valence-corrected chi connectivity index (χ1v) is 7.43. The van der Waals surface area contributed by atoms with E-state index in [1.54, 1.807) is 6.20 Å². The van der Waals surface area contributed by atoms with Crippen molar-refractivity contribution in [3.8, 4) is 11.6 Å². The zero-order valence-electron chi connectivity index (χ0n) is 13.3. The van der Waals surface area contributed by atoms with E-state index in [1.165, 1.54) is 5.56 Å². The molecule has 3 nitrogen and oxygen atoms in total. The average molecular weight is 284 g/mol. The number of ether oxygens (including phenoxy) is 1. The molecule has 0 saturated heterocycles. The van der Waals surface area contributed by atoms with Gasteiger partial charge in [-0.3, -0.25) is 0 Å². The quantitative estimate of drug-likeness (QED) is 0.874. The Morgan fingerprint density at radius 1 is 1.19 bits per heavy atom. The van der Waals surface area contributed by atoms with Crippen LogP contribution in [0.1, 0.15) is 51.3 Å². The van der Waals surface area contributed by atoms with Crippen molar-refractivity contribution in [3.63, 3.8) is 0 Å². The van der Waals surface area contributed by atoms with E-state index in [9.17, 15) is 0 Å². The van der Waals surface area contributed by atoms with Crippen molar-refractivity contribution >= 4 is 0 Å². The second-order valence-electron chi connectivity index (χ2n) is 6.05. The van der Waals surface area contributed by atoms with Gasteiger partial charge in [0, 0.05) is 17.8 Å². The van der Waals surface area contributed by atoms with Crippen LogP contribution < -0.4 is 10.5 Å². The highest BCUT2D eigenvalue weighted by Crippen LogP contribution is 2.30. The number of rotatable bonds is 5. The molecular formula is C18H24N2O. The summed E-state index contributed by atoms with van der Waals surface area (Å²) in [5, 5.41) is 0. The summed E-state index contributed by atoms with van der Waals surface area (Å²) in [5.74, 6) is 1.36. The Kier molecular flexibility index (Phi) is 4.63. The fraction of sp³-hybridized carbons (Fsp3) is 0.389. The maximum atomic E-state index is 5.95. The Morgan fingerprint density at radius 3 is 2.43 bits per heavy atom. The molecule has 2 N–H and O–H groups in total. The van der Waals surface area contributed by atoms with Crippen LogP contribution >= 0.6 is 0 Å². The molecule has 1 aromatic heterocycles. The molecule has 0 radical (unpaired) electrons. The molecule has 0 amide bonds. The van der Waals surface area contributed by atoms with Gasteiger partial charge in [0.25, 0.3) is 0 Å². The first-order chi connectivity index (χ1) is 9.94. The highest BCUT2D eigenvalue weighted by molar-refractivity contribution is 5.36. The second-order valence-corrected chi connectivity index (χ2v) is 6.05. The highest BCUT2D eigenvalue weighted by Gasteiger charge is 2.18. The molecule has 21 heavy (non-hydrogen) atoms. The van der Waals surface area contributed by atoms with E-state index in [-0.39, 0.29) is 11.5 Å². The van der Waals surface area contributed by atoms with Crippen molar-refractivity contribution in [1.29, 1.82) is 0 Å². The van der Waals surface area contributed by atoms with E-state index in [0.29, 0.717) is 5.88 Å². The molecule has 2 aromatic rings. The molecule has 0 aliphatic carbocycles. The Bertz CT molecular complexity index is 588. The lowest BCUT2D eigenvalue weighted by molar-refractivity contribution is 0.450. The van der Waals surface area contributed by atoms with Crippen molar-refractivity contribution in [2.75, 3.05) is 0 Å². The Hall–Kier alpha value is -1.87. The van der Waals surface area contributed by atoms with Crippen molar-refractivity contribution in [2.24, 2.45) is 5.73 Å². The van der Waals surface area contributed by atoms with Crippen LogP contribution in [-0.2, 0) is 5.41 Å². The van der Waals surface area contributed by atoms with Gasteiger partial charge in [0.05, 0.1) is 0 Å². The number of hydrogen-bond acceptors (Lipinski definition) is 3. The topological polar surface area (TPSA) is 48.1 Å². The van der Waals surface area contributed by atoms with Gasteiger partial charge in [-0.05, 0) is 42.5 Å². The lowest BCUT2D eigenvalue weighted by Crippen LogP contribution is -2.15. The average Bonchev–Trinajstić information content (AvgIpc) is 2.48. The minimum Gasteiger partial charge on any atom is -0.439 e. The molecule has 3 heteroatoms. The van der Waals surface area contributed by atoms with E-state index in [1.807, 2.05) is 31.2 Å². The van der Waals surface area contributed by atoms with Crippen LogP contribution in [-0.4, -0.2) is 4.98 Å². The smallest absolute Gasteiger partial charge is 0.223 e. The van der Waals surface area contributed by atoms with Crippen LogP contribution in [0.25, 0.3) is 0 Å². The molecule has 0 fully saturated rings. The lowest BCUT2D eigenvalue weighted by atomic mass is 9.82. The van der Waals surface area contributed by atoms with E-state index in [0.717, 1.165) is 17.7 Å². The predicted octanol–water partition coefficient (Wildman–Crippen LogP) is 4.58. The number of benzene rings is 1. The van der Waals surface area contributed by atoms with Crippen molar-refractivity contribution in [1.82, 2.24) is 4.98 Å². The fourth-order valence-corrected chi connectivity index (χ4v) is 2.12. The molecule has 1 heterocycles. The van der Waals surface area contributed by atoms with Gasteiger partial charge in [-0.25, -0.2) is 4.98 Å². The fourth-order valence-electron chi connectivity index (χ4n) is 2.12. The van der Waals surface area contributed by atoms with Gasteiger partial charge in [0.1, 0.15) is 5.75 Å².